The molecule has 21 heavy (non-hydrogen) atoms. The molecule has 3 nitrogen and oxygen atoms in total. The predicted molar refractivity (Wildman–Crippen MR) is 88.7 cm³/mol. The van der Waals surface area contributed by atoms with Gasteiger partial charge in [0.25, 0.3) is 0 Å². The molecular formula is C18H29N3. The van der Waals surface area contributed by atoms with E-state index in [1.165, 1.54) is 68.6 Å². The molecule has 1 atom stereocenters. The molecule has 1 aromatic heterocycles. The number of nitrogens with zero attached hydrogens (tertiary/aromatic N) is 2. The van der Waals surface area contributed by atoms with E-state index in [4.69, 9.17) is 4.98 Å². The van der Waals surface area contributed by atoms with Gasteiger partial charge < -0.3 is 10.2 Å². The fourth-order valence-electron chi connectivity index (χ4n) is 3.39. The lowest BCUT2D eigenvalue weighted by molar-refractivity contribution is 0.459. The Morgan fingerprint density at radius 3 is 2.81 bits per heavy atom. The van der Waals surface area contributed by atoms with Crippen LogP contribution < -0.4 is 10.2 Å². The van der Waals surface area contributed by atoms with Crippen LogP contribution in [-0.4, -0.2) is 24.1 Å². The summed E-state index contributed by atoms with van der Waals surface area (Å²) >= 11 is 0. The Morgan fingerprint density at radius 1 is 1.24 bits per heavy atom. The Kier molecular flexibility index (Phi) is 4.79. The Balaban J connectivity index is 1.63. The molecule has 1 saturated carbocycles. The monoisotopic (exact) mass is 287 g/mol. The first kappa shape index (κ1) is 14.8. The molecule has 1 saturated heterocycles. The number of anilines is 1. The van der Waals surface area contributed by atoms with Crippen LogP contribution in [0, 0.1) is 12.8 Å². The Bertz CT molecular complexity index is 468. The minimum atomic E-state index is 0.765. The van der Waals surface area contributed by atoms with Crippen molar-refractivity contribution in [1.29, 1.82) is 0 Å². The number of hydrogen-bond donors (Lipinski definition) is 1. The van der Waals surface area contributed by atoms with Crippen LogP contribution in [0.15, 0.2) is 12.3 Å². The Labute approximate surface area is 129 Å². The van der Waals surface area contributed by atoms with Crippen LogP contribution in [0.4, 0.5) is 5.82 Å². The van der Waals surface area contributed by atoms with Gasteiger partial charge in [-0.3, -0.25) is 0 Å². The number of nitrogens with one attached hydrogen (secondary N) is 1. The topological polar surface area (TPSA) is 28.2 Å². The van der Waals surface area contributed by atoms with Crippen molar-refractivity contribution in [2.45, 2.75) is 65.0 Å². The lowest BCUT2D eigenvalue weighted by Crippen LogP contribution is -2.26. The lowest BCUT2D eigenvalue weighted by Gasteiger charge is -2.24. The van der Waals surface area contributed by atoms with E-state index in [0.29, 0.717) is 0 Å². The smallest absolute Gasteiger partial charge is 0.131 e. The largest absolute Gasteiger partial charge is 0.356 e. The normalized spacial score (nSPS) is 23.1. The van der Waals surface area contributed by atoms with E-state index in [0.717, 1.165) is 18.5 Å². The van der Waals surface area contributed by atoms with Crippen molar-refractivity contribution < 1.29 is 0 Å². The molecule has 1 aromatic rings. The highest BCUT2D eigenvalue weighted by Gasteiger charge is 2.21. The fraction of sp³-hybridized carbons (Fsp3) is 0.722. The summed E-state index contributed by atoms with van der Waals surface area (Å²) in [5, 5.41) is 3.57. The van der Waals surface area contributed by atoms with Crippen LogP contribution in [0.3, 0.4) is 0 Å². The van der Waals surface area contributed by atoms with Gasteiger partial charge in [-0.1, -0.05) is 13.3 Å². The number of aryl methyl sites for hydroxylation is 1. The van der Waals surface area contributed by atoms with Crippen molar-refractivity contribution in [3.63, 3.8) is 0 Å². The molecule has 116 valence electrons. The van der Waals surface area contributed by atoms with Crippen LogP contribution in [0.5, 0.6) is 0 Å². The molecule has 1 N–H and O–H groups in total. The summed E-state index contributed by atoms with van der Waals surface area (Å²) in [6.45, 7) is 7.85. The zero-order valence-corrected chi connectivity index (χ0v) is 13.6. The van der Waals surface area contributed by atoms with Gasteiger partial charge in [0, 0.05) is 31.9 Å². The first-order valence-corrected chi connectivity index (χ1v) is 8.70. The standard InChI is InChI=1S/C18H29N3/c1-3-15-5-4-9-21(10-8-15)18-14(2)11-16(13-20-18)12-19-17-6-7-17/h11,13,15,17,19H,3-10,12H2,1-2H3. The van der Waals surface area contributed by atoms with Crippen molar-refractivity contribution in [1.82, 2.24) is 10.3 Å². The molecule has 1 aliphatic carbocycles. The van der Waals surface area contributed by atoms with Crippen LogP contribution in [0.2, 0.25) is 0 Å². The highest BCUT2D eigenvalue weighted by atomic mass is 15.2. The summed E-state index contributed by atoms with van der Waals surface area (Å²) in [5.74, 6) is 2.12. The molecule has 0 spiro atoms. The molecule has 3 heteroatoms. The molecule has 3 rings (SSSR count). The van der Waals surface area contributed by atoms with Gasteiger partial charge in [0.05, 0.1) is 0 Å². The number of aromatic nitrogens is 1. The molecule has 0 bridgehead atoms. The summed E-state index contributed by atoms with van der Waals surface area (Å²) in [4.78, 5) is 7.28. The van der Waals surface area contributed by atoms with Crippen molar-refractivity contribution in [2.75, 3.05) is 18.0 Å². The summed E-state index contributed by atoms with van der Waals surface area (Å²) in [6.07, 6.45) is 10.1. The molecule has 0 radical (unpaired) electrons. The molecule has 1 aliphatic heterocycles. The second-order valence-corrected chi connectivity index (χ2v) is 6.83. The summed E-state index contributed by atoms with van der Waals surface area (Å²) in [6, 6.07) is 3.08. The fourth-order valence-corrected chi connectivity index (χ4v) is 3.39. The predicted octanol–water partition coefficient (Wildman–Crippen LogP) is 3.66. The van der Waals surface area contributed by atoms with Gasteiger partial charge in [0.2, 0.25) is 0 Å². The van der Waals surface area contributed by atoms with Crippen LogP contribution >= 0.6 is 0 Å². The highest BCUT2D eigenvalue weighted by Crippen LogP contribution is 2.26. The van der Waals surface area contributed by atoms with E-state index in [9.17, 15) is 0 Å². The minimum Gasteiger partial charge on any atom is -0.356 e. The molecule has 0 amide bonds. The zero-order chi connectivity index (χ0) is 14.7. The third-order valence-electron chi connectivity index (χ3n) is 5.00. The van der Waals surface area contributed by atoms with E-state index >= 15 is 0 Å². The number of pyridine rings is 1. The molecule has 2 heterocycles. The van der Waals surface area contributed by atoms with Gasteiger partial charge in [-0.05, 0) is 62.1 Å². The molecule has 1 unspecified atom stereocenters. The van der Waals surface area contributed by atoms with Crippen molar-refractivity contribution in [3.8, 4) is 0 Å². The first-order valence-electron chi connectivity index (χ1n) is 8.70. The molecule has 0 aromatic carbocycles. The summed E-state index contributed by atoms with van der Waals surface area (Å²) in [7, 11) is 0. The van der Waals surface area contributed by atoms with Gasteiger partial charge in [-0.15, -0.1) is 0 Å². The van der Waals surface area contributed by atoms with Gasteiger partial charge in [0.1, 0.15) is 5.82 Å². The van der Waals surface area contributed by atoms with E-state index in [2.05, 4.69) is 36.3 Å². The van der Waals surface area contributed by atoms with Crippen molar-refractivity contribution >= 4 is 5.82 Å². The van der Waals surface area contributed by atoms with Crippen LogP contribution in [-0.2, 0) is 6.54 Å². The quantitative estimate of drug-likeness (QED) is 0.896. The second kappa shape index (κ2) is 6.78. The maximum absolute atomic E-state index is 4.78. The van der Waals surface area contributed by atoms with Crippen molar-refractivity contribution in [2.24, 2.45) is 5.92 Å². The summed E-state index contributed by atoms with van der Waals surface area (Å²) in [5.41, 5.74) is 2.66. The van der Waals surface area contributed by atoms with Gasteiger partial charge in [0.15, 0.2) is 0 Å². The van der Waals surface area contributed by atoms with Gasteiger partial charge >= 0.3 is 0 Å². The summed E-state index contributed by atoms with van der Waals surface area (Å²) < 4.78 is 0. The van der Waals surface area contributed by atoms with Gasteiger partial charge in [-0.2, -0.15) is 0 Å². The van der Waals surface area contributed by atoms with E-state index in [-0.39, 0.29) is 0 Å². The molecule has 2 fully saturated rings. The number of rotatable bonds is 5. The van der Waals surface area contributed by atoms with E-state index < -0.39 is 0 Å². The van der Waals surface area contributed by atoms with Crippen LogP contribution in [0.25, 0.3) is 0 Å². The lowest BCUT2D eigenvalue weighted by atomic mass is 9.98. The average Bonchev–Trinajstić information content (AvgIpc) is 3.32. The third kappa shape index (κ3) is 3.97. The zero-order valence-electron chi connectivity index (χ0n) is 13.6. The Morgan fingerprint density at radius 2 is 2.10 bits per heavy atom. The Hall–Kier alpha value is -1.09. The first-order chi connectivity index (χ1) is 10.3. The minimum absolute atomic E-state index is 0.765. The average molecular weight is 287 g/mol. The SMILES string of the molecule is CCC1CCCN(c2ncc(CNC3CC3)cc2C)CC1. The maximum Gasteiger partial charge on any atom is 0.131 e. The van der Waals surface area contributed by atoms with Crippen molar-refractivity contribution in [3.05, 3.63) is 23.4 Å². The number of hydrogen-bond acceptors (Lipinski definition) is 3. The highest BCUT2D eigenvalue weighted by molar-refractivity contribution is 5.47. The molecular weight excluding hydrogens is 258 g/mol. The van der Waals surface area contributed by atoms with E-state index in [1.54, 1.807) is 0 Å². The molecule has 2 aliphatic rings. The second-order valence-electron chi connectivity index (χ2n) is 6.83. The third-order valence-corrected chi connectivity index (χ3v) is 5.00. The van der Waals surface area contributed by atoms with E-state index in [1.807, 2.05) is 0 Å². The maximum atomic E-state index is 4.78. The van der Waals surface area contributed by atoms with Crippen LogP contribution in [0.1, 0.15) is 56.6 Å². The van der Waals surface area contributed by atoms with Gasteiger partial charge in [-0.25, -0.2) is 4.98 Å².